The Morgan fingerprint density at radius 2 is 2.13 bits per heavy atom. The van der Waals surface area contributed by atoms with Gasteiger partial charge in [-0.1, -0.05) is 23.7 Å². The monoisotopic (exact) mass is 332 g/mol. The van der Waals surface area contributed by atoms with Crippen LogP contribution in [0.2, 0.25) is 5.02 Å². The normalized spacial score (nSPS) is 13.9. The molecule has 1 heterocycles. The summed E-state index contributed by atoms with van der Waals surface area (Å²) in [5.74, 6) is -0.205. The largest absolute Gasteiger partial charge is 0.495 e. The molecule has 0 bridgehead atoms. The van der Waals surface area contributed by atoms with E-state index >= 15 is 0 Å². The van der Waals surface area contributed by atoms with Crippen LogP contribution in [0.3, 0.4) is 0 Å². The van der Waals surface area contributed by atoms with Crippen LogP contribution in [0.5, 0.6) is 5.75 Å². The first-order valence-corrected chi connectivity index (χ1v) is 7.45. The van der Waals surface area contributed by atoms with Crippen molar-refractivity contribution in [3.63, 3.8) is 0 Å². The maximum absolute atomic E-state index is 13.2. The molecule has 0 aliphatic carbocycles. The molecule has 0 radical (unpaired) electrons. The molecule has 23 heavy (non-hydrogen) atoms. The van der Waals surface area contributed by atoms with E-state index in [-0.39, 0.29) is 11.5 Å². The van der Waals surface area contributed by atoms with Gasteiger partial charge in [-0.2, -0.15) is 5.10 Å². The Labute approximate surface area is 138 Å². The minimum absolute atomic E-state index is 0.281. The molecule has 1 aliphatic heterocycles. The number of methoxy groups -OCH3 is 1. The molecular formula is C17H14ClFN2O2. The van der Waals surface area contributed by atoms with Crippen molar-refractivity contribution >= 4 is 23.2 Å². The van der Waals surface area contributed by atoms with Crippen LogP contribution in [0.25, 0.3) is 0 Å². The standard InChI is InChI=1S/C17H14ClFN2O2/c1-23-16-10-11(5-6-14(16)18)15-7-8-21(20-15)17(22)12-3-2-4-13(19)9-12/h2-6,9-10H,7-8H2,1H3. The van der Waals surface area contributed by atoms with Crippen molar-refractivity contribution in [1.29, 1.82) is 0 Å². The van der Waals surface area contributed by atoms with E-state index in [9.17, 15) is 9.18 Å². The lowest BCUT2D eigenvalue weighted by Gasteiger charge is -2.11. The van der Waals surface area contributed by atoms with Gasteiger partial charge in [-0.3, -0.25) is 4.79 Å². The van der Waals surface area contributed by atoms with E-state index in [4.69, 9.17) is 16.3 Å². The zero-order valence-electron chi connectivity index (χ0n) is 12.4. The van der Waals surface area contributed by atoms with Gasteiger partial charge >= 0.3 is 0 Å². The van der Waals surface area contributed by atoms with Gasteiger partial charge < -0.3 is 4.74 Å². The number of amides is 1. The SMILES string of the molecule is COc1cc(C2=NN(C(=O)c3cccc(F)c3)CC2)ccc1Cl. The summed E-state index contributed by atoms with van der Waals surface area (Å²) in [5.41, 5.74) is 1.90. The average Bonchev–Trinajstić information content (AvgIpc) is 3.04. The Bertz CT molecular complexity index is 792. The van der Waals surface area contributed by atoms with E-state index in [1.807, 2.05) is 6.07 Å². The van der Waals surface area contributed by atoms with Crippen molar-refractivity contribution in [1.82, 2.24) is 5.01 Å². The molecule has 2 aromatic rings. The van der Waals surface area contributed by atoms with Crippen LogP contribution in [0, 0.1) is 5.82 Å². The molecule has 6 heteroatoms. The number of carbonyl (C=O) groups is 1. The lowest BCUT2D eigenvalue weighted by atomic mass is 10.1. The van der Waals surface area contributed by atoms with Crippen molar-refractivity contribution in [3.05, 3.63) is 64.4 Å². The van der Waals surface area contributed by atoms with Crippen LogP contribution in [0.4, 0.5) is 4.39 Å². The third-order valence-corrected chi connectivity index (χ3v) is 3.90. The van der Waals surface area contributed by atoms with Crippen LogP contribution in [-0.2, 0) is 0 Å². The Kier molecular flexibility index (Phi) is 4.30. The fraction of sp³-hybridized carbons (Fsp3) is 0.176. The zero-order valence-corrected chi connectivity index (χ0v) is 13.2. The molecule has 0 aromatic heterocycles. The van der Waals surface area contributed by atoms with Crippen LogP contribution in [0.15, 0.2) is 47.6 Å². The maximum Gasteiger partial charge on any atom is 0.274 e. The third kappa shape index (κ3) is 3.19. The highest BCUT2D eigenvalue weighted by Gasteiger charge is 2.23. The number of carbonyl (C=O) groups excluding carboxylic acids is 1. The van der Waals surface area contributed by atoms with E-state index in [2.05, 4.69) is 5.10 Å². The number of hydrogen-bond donors (Lipinski definition) is 0. The highest BCUT2D eigenvalue weighted by molar-refractivity contribution is 6.32. The van der Waals surface area contributed by atoms with Crippen molar-refractivity contribution < 1.29 is 13.9 Å². The lowest BCUT2D eigenvalue weighted by Crippen LogP contribution is -2.23. The Hall–Kier alpha value is -2.40. The molecule has 2 aromatic carbocycles. The van der Waals surface area contributed by atoms with Gasteiger partial charge in [0.25, 0.3) is 5.91 Å². The number of benzene rings is 2. The van der Waals surface area contributed by atoms with Crippen LogP contribution in [0.1, 0.15) is 22.3 Å². The number of nitrogens with zero attached hydrogens (tertiary/aromatic N) is 2. The smallest absolute Gasteiger partial charge is 0.274 e. The third-order valence-electron chi connectivity index (χ3n) is 3.59. The van der Waals surface area contributed by atoms with Crippen LogP contribution < -0.4 is 4.74 Å². The highest BCUT2D eigenvalue weighted by Crippen LogP contribution is 2.27. The Morgan fingerprint density at radius 1 is 1.30 bits per heavy atom. The van der Waals surface area contributed by atoms with E-state index in [0.717, 1.165) is 11.3 Å². The number of ether oxygens (including phenoxy) is 1. The summed E-state index contributed by atoms with van der Waals surface area (Å²) in [6, 6.07) is 10.9. The molecule has 3 rings (SSSR count). The number of rotatable bonds is 3. The summed E-state index contributed by atoms with van der Waals surface area (Å²) in [6.07, 6.45) is 0.617. The molecule has 1 aliphatic rings. The molecule has 0 spiro atoms. The summed E-state index contributed by atoms with van der Waals surface area (Å²) >= 11 is 6.01. The van der Waals surface area contributed by atoms with Gasteiger partial charge in [0, 0.05) is 17.5 Å². The summed E-state index contributed by atoms with van der Waals surface area (Å²) in [6.45, 7) is 0.454. The summed E-state index contributed by atoms with van der Waals surface area (Å²) in [7, 11) is 1.54. The van der Waals surface area contributed by atoms with E-state index in [0.29, 0.717) is 23.7 Å². The van der Waals surface area contributed by atoms with Gasteiger partial charge in [-0.25, -0.2) is 9.40 Å². The van der Waals surface area contributed by atoms with Gasteiger partial charge in [-0.15, -0.1) is 0 Å². The fourth-order valence-electron chi connectivity index (χ4n) is 2.42. The molecular weight excluding hydrogens is 319 g/mol. The Morgan fingerprint density at radius 3 is 2.87 bits per heavy atom. The van der Waals surface area contributed by atoms with Gasteiger partial charge in [-0.05, 0) is 30.3 Å². The number of hydrazone groups is 1. The minimum Gasteiger partial charge on any atom is -0.495 e. The molecule has 0 saturated carbocycles. The second kappa shape index (κ2) is 6.38. The number of halogens is 2. The molecule has 0 saturated heterocycles. The molecule has 4 nitrogen and oxygen atoms in total. The van der Waals surface area contributed by atoms with Gasteiger partial charge in [0.2, 0.25) is 0 Å². The summed E-state index contributed by atoms with van der Waals surface area (Å²) < 4.78 is 18.4. The van der Waals surface area contributed by atoms with E-state index in [1.165, 1.54) is 23.2 Å². The van der Waals surface area contributed by atoms with Gasteiger partial charge in [0.05, 0.1) is 24.4 Å². The van der Waals surface area contributed by atoms with Crippen molar-refractivity contribution in [2.45, 2.75) is 6.42 Å². The first-order chi connectivity index (χ1) is 11.1. The predicted molar refractivity (Wildman–Crippen MR) is 86.6 cm³/mol. The average molecular weight is 333 g/mol. The predicted octanol–water partition coefficient (Wildman–Crippen LogP) is 3.74. The van der Waals surface area contributed by atoms with Crippen molar-refractivity contribution in [2.75, 3.05) is 13.7 Å². The molecule has 1 amide bonds. The van der Waals surface area contributed by atoms with Crippen molar-refractivity contribution in [3.8, 4) is 5.75 Å². The van der Waals surface area contributed by atoms with Crippen LogP contribution in [-0.4, -0.2) is 30.3 Å². The molecule has 0 unspecified atom stereocenters. The zero-order chi connectivity index (χ0) is 16.4. The summed E-state index contributed by atoms with van der Waals surface area (Å²) in [5, 5.41) is 6.22. The van der Waals surface area contributed by atoms with E-state index < -0.39 is 5.82 Å². The second-order valence-corrected chi connectivity index (χ2v) is 5.49. The lowest BCUT2D eigenvalue weighted by molar-refractivity contribution is 0.0778. The van der Waals surface area contributed by atoms with Gasteiger partial charge in [0.1, 0.15) is 11.6 Å². The van der Waals surface area contributed by atoms with Crippen molar-refractivity contribution in [2.24, 2.45) is 5.10 Å². The molecule has 0 atom stereocenters. The molecule has 0 fully saturated rings. The highest BCUT2D eigenvalue weighted by atomic mass is 35.5. The molecule has 0 N–H and O–H groups in total. The number of hydrogen-bond acceptors (Lipinski definition) is 3. The minimum atomic E-state index is -0.443. The van der Waals surface area contributed by atoms with Crippen LogP contribution >= 0.6 is 11.6 Å². The van der Waals surface area contributed by atoms with Gasteiger partial charge in [0.15, 0.2) is 0 Å². The maximum atomic E-state index is 13.2. The first kappa shape index (κ1) is 15.5. The van der Waals surface area contributed by atoms with E-state index in [1.54, 1.807) is 25.3 Å². The Balaban J connectivity index is 1.84. The topological polar surface area (TPSA) is 41.9 Å². The summed E-state index contributed by atoms with van der Waals surface area (Å²) in [4.78, 5) is 12.4. The quantitative estimate of drug-likeness (QED) is 0.859. The first-order valence-electron chi connectivity index (χ1n) is 7.07. The molecule has 118 valence electrons. The second-order valence-electron chi connectivity index (χ2n) is 5.08. The fourth-order valence-corrected chi connectivity index (χ4v) is 2.61.